The van der Waals surface area contributed by atoms with Gasteiger partial charge in [0.05, 0.1) is 0 Å². The van der Waals surface area contributed by atoms with Gasteiger partial charge in [0.25, 0.3) is 0 Å². The van der Waals surface area contributed by atoms with Gasteiger partial charge in [-0.3, -0.25) is 4.79 Å². The van der Waals surface area contributed by atoms with Crippen LogP contribution in [-0.4, -0.2) is 5.78 Å². The summed E-state index contributed by atoms with van der Waals surface area (Å²) in [6.45, 7) is 1.80. The first kappa shape index (κ1) is 7.79. The Balaban J connectivity index is 2.90. The number of Topliss-reactive ketones (excluding diaryl/α,β-unsaturated/α-hetero) is 1. The van der Waals surface area contributed by atoms with Crippen LogP contribution in [0.15, 0.2) is 24.3 Å². The van der Waals surface area contributed by atoms with Crippen molar-refractivity contribution in [3.63, 3.8) is 0 Å². The second-order valence-corrected chi connectivity index (χ2v) is 2.30. The molecule has 0 aliphatic heterocycles. The van der Waals surface area contributed by atoms with Gasteiger partial charge < -0.3 is 5.11 Å². The molecule has 0 heterocycles. The van der Waals surface area contributed by atoms with Gasteiger partial charge in [0, 0.05) is 12.0 Å². The molecule has 0 spiro atoms. The van der Waals surface area contributed by atoms with Gasteiger partial charge in [0.15, 0.2) is 5.78 Å². The molecule has 58 valence electrons. The summed E-state index contributed by atoms with van der Waals surface area (Å²) in [7, 11) is 0. The van der Waals surface area contributed by atoms with Gasteiger partial charge in [-0.1, -0.05) is 31.2 Å². The molecular formula is C9H9O2-. The first-order valence-corrected chi connectivity index (χ1v) is 3.54. The Hall–Kier alpha value is -1.31. The van der Waals surface area contributed by atoms with Gasteiger partial charge in [0.1, 0.15) is 0 Å². The predicted molar refractivity (Wildman–Crippen MR) is 40.5 cm³/mol. The van der Waals surface area contributed by atoms with Crippen molar-refractivity contribution in [3.8, 4) is 5.75 Å². The third-order valence-electron chi connectivity index (χ3n) is 1.50. The van der Waals surface area contributed by atoms with Gasteiger partial charge in [-0.25, -0.2) is 0 Å². The molecule has 2 nitrogen and oxygen atoms in total. The minimum Gasteiger partial charge on any atom is -0.872 e. The third-order valence-corrected chi connectivity index (χ3v) is 1.50. The molecule has 11 heavy (non-hydrogen) atoms. The highest BCUT2D eigenvalue weighted by Crippen LogP contribution is 2.08. The van der Waals surface area contributed by atoms with Crippen LogP contribution in [0.4, 0.5) is 0 Å². The lowest BCUT2D eigenvalue weighted by Gasteiger charge is -2.04. The van der Waals surface area contributed by atoms with Crippen molar-refractivity contribution in [2.75, 3.05) is 0 Å². The molecule has 0 bridgehead atoms. The fraction of sp³-hybridized carbons (Fsp3) is 0.222. The second kappa shape index (κ2) is 3.19. The molecule has 1 rings (SSSR count). The number of hydrogen-bond donors (Lipinski definition) is 0. The lowest BCUT2D eigenvalue weighted by Crippen LogP contribution is -1.96. The van der Waals surface area contributed by atoms with Crippen molar-refractivity contribution in [1.82, 2.24) is 0 Å². The SMILES string of the molecule is CCC(=O)c1ccc([O-])cc1. The zero-order chi connectivity index (χ0) is 8.27. The van der Waals surface area contributed by atoms with Crippen LogP contribution in [0, 0.1) is 0 Å². The van der Waals surface area contributed by atoms with Gasteiger partial charge in [0.2, 0.25) is 0 Å². The van der Waals surface area contributed by atoms with E-state index < -0.39 is 0 Å². The van der Waals surface area contributed by atoms with Crippen molar-refractivity contribution in [2.45, 2.75) is 13.3 Å². The van der Waals surface area contributed by atoms with Crippen LogP contribution >= 0.6 is 0 Å². The number of benzene rings is 1. The minimum absolute atomic E-state index is 0.0577. The van der Waals surface area contributed by atoms with Crippen LogP contribution < -0.4 is 5.11 Å². The second-order valence-electron chi connectivity index (χ2n) is 2.30. The number of carbonyl (C=O) groups is 1. The van der Waals surface area contributed by atoms with Crippen LogP contribution in [0.2, 0.25) is 0 Å². The summed E-state index contributed by atoms with van der Waals surface area (Å²) in [5, 5.41) is 10.6. The summed E-state index contributed by atoms with van der Waals surface area (Å²) >= 11 is 0. The summed E-state index contributed by atoms with van der Waals surface area (Å²) in [6.07, 6.45) is 0.484. The summed E-state index contributed by atoms with van der Waals surface area (Å²) in [5.74, 6) is 0.0163. The van der Waals surface area contributed by atoms with Gasteiger partial charge in [-0.2, -0.15) is 0 Å². The van der Waals surface area contributed by atoms with Crippen LogP contribution in [0.1, 0.15) is 23.7 Å². The molecule has 0 N–H and O–H groups in total. The molecule has 0 fully saturated rings. The van der Waals surface area contributed by atoms with Crippen molar-refractivity contribution in [1.29, 1.82) is 0 Å². The fourth-order valence-electron chi connectivity index (χ4n) is 0.845. The summed E-state index contributed by atoms with van der Waals surface area (Å²) in [6, 6.07) is 5.94. The van der Waals surface area contributed by atoms with E-state index in [1.54, 1.807) is 19.1 Å². The van der Waals surface area contributed by atoms with E-state index in [0.717, 1.165) is 0 Å². The van der Waals surface area contributed by atoms with E-state index in [9.17, 15) is 9.90 Å². The third kappa shape index (κ3) is 1.80. The Labute approximate surface area is 65.5 Å². The van der Waals surface area contributed by atoms with E-state index in [1.807, 2.05) is 0 Å². The molecule has 0 saturated carbocycles. The maximum atomic E-state index is 11.0. The predicted octanol–water partition coefficient (Wildman–Crippen LogP) is 1.35. The maximum Gasteiger partial charge on any atom is 0.162 e. The monoisotopic (exact) mass is 149 g/mol. The van der Waals surface area contributed by atoms with Crippen LogP contribution in [0.5, 0.6) is 5.75 Å². The normalized spacial score (nSPS) is 9.55. The van der Waals surface area contributed by atoms with Gasteiger partial charge in [-0.05, 0) is 0 Å². The van der Waals surface area contributed by atoms with E-state index in [1.165, 1.54) is 12.1 Å². The van der Waals surface area contributed by atoms with Crippen LogP contribution in [0.25, 0.3) is 0 Å². The van der Waals surface area contributed by atoms with Crippen molar-refractivity contribution in [3.05, 3.63) is 29.8 Å². The summed E-state index contributed by atoms with van der Waals surface area (Å²) in [4.78, 5) is 11.0. The van der Waals surface area contributed by atoms with Crippen LogP contribution in [0.3, 0.4) is 0 Å². The van der Waals surface area contributed by atoms with E-state index in [-0.39, 0.29) is 11.5 Å². The molecule has 0 amide bonds. The fourth-order valence-corrected chi connectivity index (χ4v) is 0.845. The quantitative estimate of drug-likeness (QED) is 0.595. The van der Waals surface area contributed by atoms with Gasteiger partial charge in [-0.15, -0.1) is 5.75 Å². The van der Waals surface area contributed by atoms with E-state index in [2.05, 4.69) is 0 Å². The Bertz CT molecular complexity index is 249. The molecule has 0 atom stereocenters. The highest BCUT2D eigenvalue weighted by molar-refractivity contribution is 5.95. The summed E-state index contributed by atoms with van der Waals surface area (Å²) in [5.41, 5.74) is 0.618. The van der Waals surface area contributed by atoms with Crippen molar-refractivity contribution < 1.29 is 9.90 Å². The Kier molecular flexibility index (Phi) is 2.26. The number of hydrogen-bond acceptors (Lipinski definition) is 2. The topological polar surface area (TPSA) is 40.1 Å². The molecule has 1 aromatic rings. The highest BCUT2D eigenvalue weighted by atomic mass is 16.3. The van der Waals surface area contributed by atoms with Crippen molar-refractivity contribution >= 4 is 5.78 Å². The van der Waals surface area contributed by atoms with Crippen LogP contribution in [-0.2, 0) is 0 Å². The van der Waals surface area contributed by atoms with Gasteiger partial charge >= 0.3 is 0 Å². The number of carbonyl (C=O) groups excluding carboxylic acids is 1. The maximum absolute atomic E-state index is 11.0. The standard InChI is InChI=1S/C9H10O2/c1-2-9(11)7-3-5-8(10)6-4-7/h3-6,10H,2H2,1H3/p-1. The molecule has 0 radical (unpaired) electrons. The lowest BCUT2D eigenvalue weighted by molar-refractivity contribution is -0.268. The van der Waals surface area contributed by atoms with E-state index in [0.29, 0.717) is 12.0 Å². The zero-order valence-corrected chi connectivity index (χ0v) is 6.33. The molecule has 0 aromatic heterocycles. The molecule has 0 aliphatic carbocycles. The molecule has 2 heteroatoms. The van der Waals surface area contributed by atoms with E-state index in [4.69, 9.17) is 0 Å². The smallest absolute Gasteiger partial charge is 0.162 e. The number of ketones is 1. The molecule has 1 aromatic carbocycles. The first-order valence-electron chi connectivity index (χ1n) is 3.54. The lowest BCUT2D eigenvalue weighted by atomic mass is 10.1. The Morgan fingerprint density at radius 3 is 2.36 bits per heavy atom. The molecule has 0 aliphatic rings. The number of rotatable bonds is 2. The molecule has 0 unspecified atom stereocenters. The highest BCUT2D eigenvalue weighted by Gasteiger charge is 1.99. The zero-order valence-electron chi connectivity index (χ0n) is 6.33. The van der Waals surface area contributed by atoms with E-state index >= 15 is 0 Å². The van der Waals surface area contributed by atoms with Crippen molar-refractivity contribution in [2.24, 2.45) is 0 Å². The largest absolute Gasteiger partial charge is 0.872 e. The molecular weight excluding hydrogens is 140 g/mol. The average Bonchev–Trinajstić information content (AvgIpc) is 2.05. The Morgan fingerprint density at radius 2 is 1.91 bits per heavy atom. The average molecular weight is 149 g/mol. The Morgan fingerprint density at radius 1 is 1.36 bits per heavy atom. The first-order chi connectivity index (χ1) is 5.24. The minimum atomic E-state index is -0.0577. The summed E-state index contributed by atoms with van der Waals surface area (Å²) < 4.78 is 0. The molecule has 0 saturated heterocycles.